The molecule has 3 heterocycles. The van der Waals surface area contributed by atoms with Crippen molar-refractivity contribution in [3.05, 3.63) is 34.9 Å². The fourth-order valence-corrected chi connectivity index (χ4v) is 5.72. The Morgan fingerprint density at radius 2 is 2.07 bits per heavy atom. The van der Waals surface area contributed by atoms with Gasteiger partial charge in [-0.15, -0.1) is 0 Å². The number of fused-ring (bicyclic) bond motifs is 1. The number of amides is 1. The second-order valence-corrected chi connectivity index (χ2v) is 9.17. The first-order valence-electron chi connectivity index (χ1n) is 10.2. The van der Waals surface area contributed by atoms with E-state index in [0.717, 1.165) is 37.8 Å². The van der Waals surface area contributed by atoms with E-state index in [-0.39, 0.29) is 29.0 Å². The Morgan fingerprint density at radius 1 is 1.36 bits per heavy atom. The van der Waals surface area contributed by atoms with Gasteiger partial charge in [0, 0.05) is 36.7 Å². The third-order valence-corrected chi connectivity index (χ3v) is 7.56. The van der Waals surface area contributed by atoms with E-state index >= 15 is 4.39 Å². The van der Waals surface area contributed by atoms with Crippen LogP contribution in [-0.2, 0) is 9.59 Å². The average Bonchev–Trinajstić information content (AvgIpc) is 3.37. The number of nitrogens with zero attached hydrogens (tertiary/aromatic N) is 2. The molecule has 2 saturated carbocycles. The molecule has 3 aliphatic heterocycles. The molecular weight excluding hydrogens is 361 g/mol. The van der Waals surface area contributed by atoms with E-state index in [2.05, 4.69) is 4.90 Å². The normalized spacial score (nSPS) is 34.2. The van der Waals surface area contributed by atoms with Crippen LogP contribution in [0, 0.1) is 17.3 Å². The van der Waals surface area contributed by atoms with E-state index in [1.807, 2.05) is 6.92 Å². The lowest BCUT2D eigenvalue weighted by molar-refractivity contribution is -0.138. The Kier molecular flexibility index (Phi) is 3.79. The molecular formula is C21H26FN3O3. The molecule has 0 radical (unpaired) electrons. The Morgan fingerprint density at radius 3 is 2.61 bits per heavy atom. The van der Waals surface area contributed by atoms with Crippen LogP contribution in [0.25, 0.3) is 0 Å². The Labute approximate surface area is 163 Å². The summed E-state index contributed by atoms with van der Waals surface area (Å²) in [4.78, 5) is 27.7. The summed E-state index contributed by atoms with van der Waals surface area (Å²) in [6, 6.07) is -0.273. The minimum atomic E-state index is -1.24. The predicted molar refractivity (Wildman–Crippen MR) is 100 cm³/mol. The first-order valence-corrected chi connectivity index (χ1v) is 10.2. The number of rotatable bonds is 3. The number of carboxylic acid groups (broad SMARTS) is 1. The van der Waals surface area contributed by atoms with Gasteiger partial charge in [-0.05, 0) is 44.1 Å². The fourth-order valence-electron chi connectivity index (χ4n) is 5.72. The van der Waals surface area contributed by atoms with Crippen molar-refractivity contribution in [3.63, 3.8) is 0 Å². The van der Waals surface area contributed by atoms with Gasteiger partial charge in [0.05, 0.1) is 11.7 Å². The minimum absolute atomic E-state index is 0.0399. The van der Waals surface area contributed by atoms with E-state index in [0.29, 0.717) is 18.2 Å². The van der Waals surface area contributed by atoms with E-state index < -0.39 is 17.7 Å². The van der Waals surface area contributed by atoms with E-state index in [1.165, 1.54) is 17.5 Å². The molecule has 3 N–H and O–H groups in total. The predicted octanol–water partition coefficient (Wildman–Crippen LogP) is 2.15. The van der Waals surface area contributed by atoms with Crippen molar-refractivity contribution < 1.29 is 19.1 Å². The highest BCUT2D eigenvalue weighted by atomic mass is 19.1. The fraction of sp³-hybridized carbons (Fsp3) is 0.619. The van der Waals surface area contributed by atoms with Gasteiger partial charge < -0.3 is 20.6 Å². The summed E-state index contributed by atoms with van der Waals surface area (Å²) < 4.78 is 15.2. The molecule has 1 amide bonds. The zero-order valence-electron chi connectivity index (χ0n) is 16.0. The average molecular weight is 387 g/mol. The minimum Gasteiger partial charge on any atom is -0.478 e. The van der Waals surface area contributed by atoms with Gasteiger partial charge >= 0.3 is 5.97 Å². The van der Waals surface area contributed by atoms with Crippen LogP contribution in [0.4, 0.5) is 4.39 Å². The number of nitrogens with two attached hydrogens (primary N) is 1. The molecule has 28 heavy (non-hydrogen) atoms. The van der Waals surface area contributed by atoms with E-state index in [9.17, 15) is 14.7 Å². The molecule has 150 valence electrons. The van der Waals surface area contributed by atoms with Crippen LogP contribution in [-0.4, -0.2) is 52.0 Å². The van der Waals surface area contributed by atoms with Crippen LogP contribution in [0.5, 0.6) is 0 Å². The van der Waals surface area contributed by atoms with Gasteiger partial charge in [-0.1, -0.05) is 12.5 Å². The van der Waals surface area contributed by atoms with Crippen LogP contribution in [0.1, 0.15) is 39.0 Å². The standard InChI is InChI=1S/C21H26FN3O3/c1-11-17-13(12-3-4-12)7-14(20(27)28)19(26)25(17)8-15(22)18(11)24-9-16(23)21(10-24)5-2-6-21/h7-8,12-13,16-17H,2-6,9-10,23H2,1H3,(H,27,28). The monoisotopic (exact) mass is 387 g/mol. The summed E-state index contributed by atoms with van der Waals surface area (Å²) in [5.41, 5.74) is 7.64. The molecule has 7 heteroatoms. The van der Waals surface area contributed by atoms with Crippen molar-refractivity contribution in [2.75, 3.05) is 13.1 Å². The van der Waals surface area contributed by atoms with Crippen molar-refractivity contribution in [1.82, 2.24) is 9.80 Å². The molecule has 0 aromatic heterocycles. The molecule has 5 aliphatic rings. The van der Waals surface area contributed by atoms with Crippen LogP contribution in [0.3, 0.4) is 0 Å². The molecule has 6 nitrogen and oxygen atoms in total. The van der Waals surface area contributed by atoms with Gasteiger partial charge in [0.25, 0.3) is 5.91 Å². The number of carbonyl (C=O) groups excluding carboxylic acids is 1. The smallest absolute Gasteiger partial charge is 0.341 e. The lowest BCUT2D eigenvalue weighted by Crippen LogP contribution is -2.50. The second-order valence-electron chi connectivity index (χ2n) is 9.17. The zero-order chi connectivity index (χ0) is 19.8. The lowest BCUT2D eigenvalue weighted by atomic mass is 9.66. The first-order chi connectivity index (χ1) is 13.3. The summed E-state index contributed by atoms with van der Waals surface area (Å²) in [5, 5.41) is 9.43. The summed E-state index contributed by atoms with van der Waals surface area (Å²) in [6.07, 6.45) is 8.22. The van der Waals surface area contributed by atoms with Crippen molar-refractivity contribution >= 4 is 11.9 Å². The third-order valence-electron chi connectivity index (χ3n) is 7.56. The maximum Gasteiger partial charge on any atom is 0.341 e. The van der Waals surface area contributed by atoms with Crippen LogP contribution < -0.4 is 5.73 Å². The third kappa shape index (κ3) is 2.41. The number of likely N-dealkylation sites (tertiary alicyclic amines) is 1. The van der Waals surface area contributed by atoms with Gasteiger partial charge in [0.2, 0.25) is 0 Å². The first kappa shape index (κ1) is 17.9. The van der Waals surface area contributed by atoms with Gasteiger partial charge in [-0.3, -0.25) is 4.79 Å². The molecule has 0 aromatic carbocycles. The number of halogens is 1. The van der Waals surface area contributed by atoms with Gasteiger partial charge in [0.1, 0.15) is 5.57 Å². The Hall–Kier alpha value is -2.15. The molecule has 3 unspecified atom stereocenters. The molecule has 0 bridgehead atoms. The van der Waals surface area contributed by atoms with Crippen molar-refractivity contribution in [1.29, 1.82) is 0 Å². The largest absolute Gasteiger partial charge is 0.478 e. The maximum atomic E-state index is 15.2. The quantitative estimate of drug-likeness (QED) is 0.725. The van der Waals surface area contributed by atoms with Crippen molar-refractivity contribution in [2.45, 2.75) is 51.1 Å². The number of carbonyl (C=O) groups is 2. The summed E-state index contributed by atoms with van der Waals surface area (Å²) in [7, 11) is 0. The zero-order valence-corrected chi connectivity index (χ0v) is 16.0. The number of hydrogen-bond acceptors (Lipinski definition) is 4. The molecule has 3 atom stereocenters. The topological polar surface area (TPSA) is 86.9 Å². The van der Waals surface area contributed by atoms with Crippen LogP contribution >= 0.6 is 0 Å². The van der Waals surface area contributed by atoms with Crippen LogP contribution in [0.15, 0.2) is 34.9 Å². The highest BCUT2D eigenvalue weighted by molar-refractivity contribution is 6.16. The summed E-state index contributed by atoms with van der Waals surface area (Å²) >= 11 is 0. The second kappa shape index (κ2) is 5.92. The van der Waals surface area contributed by atoms with E-state index in [4.69, 9.17) is 5.73 Å². The van der Waals surface area contributed by atoms with Crippen molar-refractivity contribution in [2.24, 2.45) is 23.0 Å². The van der Waals surface area contributed by atoms with Crippen LogP contribution in [0.2, 0.25) is 0 Å². The molecule has 3 fully saturated rings. The highest BCUT2D eigenvalue weighted by Crippen LogP contribution is 2.51. The molecule has 2 aliphatic carbocycles. The number of carboxylic acids is 1. The van der Waals surface area contributed by atoms with Gasteiger partial charge in [0.15, 0.2) is 5.83 Å². The highest BCUT2D eigenvalue weighted by Gasteiger charge is 2.52. The number of aliphatic carboxylic acids is 1. The number of hydrogen-bond donors (Lipinski definition) is 2. The molecule has 5 rings (SSSR count). The summed E-state index contributed by atoms with van der Waals surface area (Å²) in [6.45, 7) is 3.27. The molecule has 1 spiro atoms. The Balaban J connectivity index is 1.54. The molecule has 0 aromatic rings. The summed E-state index contributed by atoms with van der Waals surface area (Å²) in [5.74, 6) is -2.08. The van der Waals surface area contributed by atoms with Gasteiger partial charge in [-0.25, -0.2) is 9.18 Å². The Bertz CT molecular complexity index is 853. The maximum absolute atomic E-state index is 15.2. The van der Waals surface area contributed by atoms with Gasteiger partial charge in [-0.2, -0.15) is 0 Å². The van der Waals surface area contributed by atoms with Crippen molar-refractivity contribution in [3.8, 4) is 0 Å². The number of allylic oxidation sites excluding steroid dienone is 1. The lowest BCUT2D eigenvalue weighted by Gasteiger charge is -2.44. The SMILES string of the molecule is CC1=C(N2CC(N)C3(CCC3)C2)C(F)=CN2C(=O)C(C(=O)O)=CC(C3CC3)C12. The van der Waals surface area contributed by atoms with E-state index in [1.54, 1.807) is 6.08 Å². The molecule has 1 saturated heterocycles.